The fourth-order valence-corrected chi connectivity index (χ4v) is 0.927. The standard InChI is InChI=1S/C8H14N2O/c1-3-7(9)5-8-4-6(2)11-10-8/h4,7H,3,5,9H2,1-2H3. The average Bonchev–Trinajstić information content (AvgIpc) is 2.35. The Labute approximate surface area is 66.6 Å². The van der Waals surface area contributed by atoms with Gasteiger partial charge < -0.3 is 10.3 Å². The number of aryl methyl sites for hydroxylation is 1. The minimum atomic E-state index is 0.208. The molecule has 0 radical (unpaired) electrons. The van der Waals surface area contributed by atoms with Crippen LogP contribution in [0.3, 0.4) is 0 Å². The Kier molecular flexibility index (Phi) is 2.65. The summed E-state index contributed by atoms with van der Waals surface area (Å²) in [6.45, 7) is 3.95. The highest BCUT2D eigenvalue weighted by Gasteiger charge is 2.04. The number of nitrogens with two attached hydrogens (primary N) is 1. The molecule has 0 aliphatic heterocycles. The fraction of sp³-hybridized carbons (Fsp3) is 0.625. The summed E-state index contributed by atoms with van der Waals surface area (Å²) in [7, 11) is 0. The zero-order valence-electron chi connectivity index (χ0n) is 7.00. The van der Waals surface area contributed by atoms with Gasteiger partial charge in [-0.1, -0.05) is 12.1 Å². The second-order valence-corrected chi connectivity index (χ2v) is 2.80. The monoisotopic (exact) mass is 154 g/mol. The fourth-order valence-electron chi connectivity index (χ4n) is 0.927. The van der Waals surface area contributed by atoms with E-state index < -0.39 is 0 Å². The van der Waals surface area contributed by atoms with E-state index in [9.17, 15) is 0 Å². The molecule has 11 heavy (non-hydrogen) atoms. The molecule has 1 unspecified atom stereocenters. The zero-order chi connectivity index (χ0) is 8.27. The van der Waals surface area contributed by atoms with Crippen LogP contribution in [0.4, 0.5) is 0 Å². The summed E-state index contributed by atoms with van der Waals surface area (Å²) >= 11 is 0. The summed E-state index contributed by atoms with van der Waals surface area (Å²) in [6.07, 6.45) is 1.79. The Morgan fingerprint density at radius 1 is 1.73 bits per heavy atom. The van der Waals surface area contributed by atoms with Crippen molar-refractivity contribution in [3.05, 3.63) is 17.5 Å². The molecule has 0 amide bonds. The van der Waals surface area contributed by atoms with Gasteiger partial charge in [-0.2, -0.15) is 0 Å². The van der Waals surface area contributed by atoms with Crippen LogP contribution < -0.4 is 5.73 Å². The van der Waals surface area contributed by atoms with E-state index in [0.717, 1.165) is 24.3 Å². The van der Waals surface area contributed by atoms with E-state index in [1.165, 1.54) is 0 Å². The quantitative estimate of drug-likeness (QED) is 0.713. The number of hydrogen-bond donors (Lipinski definition) is 1. The van der Waals surface area contributed by atoms with Crippen LogP contribution in [-0.2, 0) is 6.42 Å². The third-order valence-electron chi connectivity index (χ3n) is 1.67. The maximum Gasteiger partial charge on any atom is 0.133 e. The number of rotatable bonds is 3. The topological polar surface area (TPSA) is 52.0 Å². The molecule has 1 aromatic heterocycles. The van der Waals surface area contributed by atoms with Crippen LogP contribution in [-0.4, -0.2) is 11.2 Å². The Bertz CT molecular complexity index is 220. The maximum absolute atomic E-state index is 5.73. The Balaban J connectivity index is 2.50. The Morgan fingerprint density at radius 2 is 2.45 bits per heavy atom. The summed E-state index contributed by atoms with van der Waals surface area (Å²) in [5.74, 6) is 0.850. The minimum absolute atomic E-state index is 0.208. The minimum Gasteiger partial charge on any atom is -0.361 e. The lowest BCUT2D eigenvalue weighted by Crippen LogP contribution is -2.21. The van der Waals surface area contributed by atoms with Crippen LogP contribution in [0.5, 0.6) is 0 Å². The van der Waals surface area contributed by atoms with Crippen molar-refractivity contribution in [2.75, 3.05) is 0 Å². The van der Waals surface area contributed by atoms with Crippen molar-refractivity contribution in [3.63, 3.8) is 0 Å². The molecule has 1 atom stereocenters. The molecule has 0 aliphatic carbocycles. The second kappa shape index (κ2) is 3.53. The first-order valence-corrected chi connectivity index (χ1v) is 3.90. The van der Waals surface area contributed by atoms with E-state index in [0.29, 0.717) is 0 Å². The molecule has 0 spiro atoms. The molecule has 1 rings (SSSR count). The van der Waals surface area contributed by atoms with Gasteiger partial charge in [0.2, 0.25) is 0 Å². The Hall–Kier alpha value is -0.830. The first-order chi connectivity index (χ1) is 5.22. The van der Waals surface area contributed by atoms with E-state index in [4.69, 9.17) is 10.3 Å². The van der Waals surface area contributed by atoms with Crippen LogP contribution >= 0.6 is 0 Å². The molecule has 0 aliphatic rings. The lowest BCUT2D eigenvalue weighted by Gasteiger charge is -2.03. The maximum atomic E-state index is 5.73. The van der Waals surface area contributed by atoms with E-state index in [1.54, 1.807) is 0 Å². The van der Waals surface area contributed by atoms with E-state index in [1.807, 2.05) is 13.0 Å². The van der Waals surface area contributed by atoms with Crippen LogP contribution in [0, 0.1) is 6.92 Å². The molecule has 62 valence electrons. The van der Waals surface area contributed by atoms with Crippen molar-refractivity contribution in [2.45, 2.75) is 32.7 Å². The third-order valence-corrected chi connectivity index (χ3v) is 1.67. The predicted molar refractivity (Wildman–Crippen MR) is 43.2 cm³/mol. The molecule has 2 N–H and O–H groups in total. The molecule has 0 saturated carbocycles. The van der Waals surface area contributed by atoms with Gasteiger partial charge in [0.15, 0.2) is 0 Å². The molecule has 0 saturated heterocycles. The first kappa shape index (κ1) is 8.27. The van der Waals surface area contributed by atoms with Crippen LogP contribution in [0.25, 0.3) is 0 Å². The van der Waals surface area contributed by atoms with E-state index in [2.05, 4.69) is 12.1 Å². The van der Waals surface area contributed by atoms with Crippen molar-refractivity contribution >= 4 is 0 Å². The van der Waals surface area contributed by atoms with E-state index >= 15 is 0 Å². The van der Waals surface area contributed by atoms with Crippen molar-refractivity contribution in [1.82, 2.24) is 5.16 Å². The number of hydrogen-bond acceptors (Lipinski definition) is 3. The third kappa shape index (κ3) is 2.35. The molecule has 1 aromatic rings. The Morgan fingerprint density at radius 3 is 2.91 bits per heavy atom. The first-order valence-electron chi connectivity index (χ1n) is 3.90. The highest BCUT2D eigenvalue weighted by Crippen LogP contribution is 2.04. The van der Waals surface area contributed by atoms with Crippen LogP contribution in [0.1, 0.15) is 24.8 Å². The summed E-state index contributed by atoms with van der Waals surface area (Å²) < 4.78 is 4.90. The molecule has 0 bridgehead atoms. The second-order valence-electron chi connectivity index (χ2n) is 2.80. The normalized spacial score (nSPS) is 13.4. The highest BCUT2D eigenvalue weighted by atomic mass is 16.5. The molecule has 0 fully saturated rings. The number of nitrogens with zero attached hydrogens (tertiary/aromatic N) is 1. The lowest BCUT2D eigenvalue weighted by atomic mass is 10.1. The van der Waals surface area contributed by atoms with Gasteiger partial charge in [-0.3, -0.25) is 0 Å². The molecule has 3 nitrogen and oxygen atoms in total. The van der Waals surface area contributed by atoms with Gasteiger partial charge in [0.05, 0.1) is 5.69 Å². The smallest absolute Gasteiger partial charge is 0.133 e. The molecule has 0 aromatic carbocycles. The predicted octanol–water partition coefficient (Wildman–Crippen LogP) is 1.26. The lowest BCUT2D eigenvalue weighted by molar-refractivity contribution is 0.388. The van der Waals surface area contributed by atoms with Gasteiger partial charge in [0.1, 0.15) is 5.76 Å². The summed E-state index contributed by atoms with van der Waals surface area (Å²) in [5.41, 5.74) is 6.69. The largest absolute Gasteiger partial charge is 0.361 e. The van der Waals surface area contributed by atoms with Crippen molar-refractivity contribution < 1.29 is 4.52 Å². The summed E-state index contributed by atoms with van der Waals surface area (Å²) in [4.78, 5) is 0. The summed E-state index contributed by atoms with van der Waals surface area (Å²) in [6, 6.07) is 2.13. The highest BCUT2D eigenvalue weighted by molar-refractivity contribution is 5.04. The van der Waals surface area contributed by atoms with Crippen molar-refractivity contribution in [1.29, 1.82) is 0 Å². The van der Waals surface area contributed by atoms with Gasteiger partial charge in [-0.05, 0) is 13.3 Å². The van der Waals surface area contributed by atoms with Crippen LogP contribution in [0.2, 0.25) is 0 Å². The number of aromatic nitrogens is 1. The molecular formula is C8H14N2O. The van der Waals surface area contributed by atoms with Gasteiger partial charge in [0.25, 0.3) is 0 Å². The van der Waals surface area contributed by atoms with Crippen molar-refractivity contribution in [2.24, 2.45) is 5.73 Å². The van der Waals surface area contributed by atoms with Gasteiger partial charge in [-0.15, -0.1) is 0 Å². The summed E-state index contributed by atoms with van der Waals surface area (Å²) in [5, 5.41) is 3.85. The molecular weight excluding hydrogens is 140 g/mol. The van der Waals surface area contributed by atoms with Crippen LogP contribution in [0.15, 0.2) is 10.6 Å². The van der Waals surface area contributed by atoms with Gasteiger partial charge >= 0.3 is 0 Å². The molecule has 3 heteroatoms. The average molecular weight is 154 g/mol. The van der Waals surface area contributed by atoms with Gasteiger partial charge in [0, 0.05) is 18.5 Å². The van der Waals surface area contributed by atoms with Crippen molar-refractivity contribution in [3.8, 4) is 0 Å². The van der Waals surface area contributed by atoms with Gasteiger partial charge in [-0.25, -0.2) is 0 Å². The zero-order valence-corrected chi connectivity index (χ0v) is 7.00. The molecule has 1 heterocycles. The van der Waals surface area contributed by atoms with E-state index in [-0.39, 0.29) is 6.04 Å². The SMILES string of the molecule is CCC(N)Cc1cc(C)on1.